The van der Waals surface area contributed by atoms with Crippen LogP contribution in [0.25, 0.3) is 0 Å². The fraction of sp³-hybridized carbons (Fsp3) is 0.793. The van der Waals surface area contributed by atoms with Gasteiger partial charge in [0.05, 0.1) is 13.0 Å². The van der Waals surface area contributed by atoms with Crippen molar-refractivity contribution >= 4 is 8.80 Å². The number of aryl methyl sites for hydroxylation is 1. The molecule has 0 unspecified atom stereocenters. The van der Waals surface area contributed by atoms with Crippen LogP contribution in [0.15, 0.2) is 12.1 Å². The van der Waals surface area contributed by atoms with E-state index in [9.17, 15) is 22.0 Å². The van der Waals surface area contributed by atoms with Gasteiger partial charge in [-0.3, -0.25) is 0 Å². The summed E-state index contributed by atoms with van der Waals surface area (Å²) in [5, 5.41) is 0. The second kappa shape index (κ2) is 14.7. The van der Waals surface area contributed by atoms with Gasteiger partial charge in [0.15, 0.2) is 17.4 Å². The van der Waals surface area contributed by atoms with Gasteiger partial charge in [-0.25, -0.2) is 8.78 Å². The van der Waals surface area contributed by atoms with Crippen LogP contribution in [0.4, 0.5) is 22.0 Å². The van der Waals surface area contributed by atoms with E-state index >= 15 is 0 Å². The minimum atomic E-state index is -4.42. The fourth-order valence-electron chi connectivity index (χ4n) is 6.51. The molecular formula is C29H45F5OSi. The van der Waals surface area contributed by atoms with Gasteiger partial charge in [0.1, 0.15) is 0 Å². The molecule has 0 amide bonds. The Morgan fingerprint density at radius 1 is 0.861 bits per heavy atom. The SMILES string of the molecule is CCCCC[SiH]1CCC(C2CCC(CCCCc3cc(F)c(OCCC(F)(F)F)c(F)c3)CC2)CC1. The molecule has 1 aliphatic carbocycles. The lowest BCUT2D eigenvalue weighted by Crippen LogP contribution is -2.28. The van der Waals surface area contributed by atoms with Gasteiger partial charge < -0.3 is 4.74 Å². The van der Waals surface area contributed by atoms with Crippen molar-refractivity contribution in [2.75, 3.05) is 6.61 Å². The molecule has 1 aromatic carbocycles. The third-order valence-electron chi connectivity index (χ3n) is 8.68. The molecular weight excluding hydrogens is 487 g/mol. The van der Waals surface area contributed by atoms with Gasteiger partial charge in [-0.1, -0.05) is 82.8 Å². The molecule has 0 spiro atoms. The van der Waals surface area contributed by atoms with Crippen molar-refractivity contribution in [3.8, 4) is 5.75 Å². The van der Waals surface area contributed by atoms with Crippen LogP contribution in [0.2, 0.25) is 18.1 Å². The van der Waals surface area contributed by atoms with Crippen molar-refractivity contribution < 1.29 is 26.7 Å². The molecule has 7 heteroatoms. The van der Waals surface area contributed by atoms with Crippen molar-refractivity contribution in [3.05, 3.63) is 29.3 Å². The van der Waals surface area contributed by atoms with Crippen molar-refractivity contribution in [1.82, 2.24) is 0 Å². The molecule has 36 heavy (non-hydrogen) atoms. The van der Waals surface area contributed by atoms with Gasteiger partial charge in [0, 0.05) is 8.80 Å². The van der Waals surface area contributed by atoms with E-state index in [1.807, 2.05) is 0 Å². The van der Waals surface area contributed by atoms with E-state index in [1.54, 1.807) is 18.1 Å². The van der Waals surface area contributed by atoms with Crippen LogP contribution in [-0.4, -0.2) is 21.6 Å². The summed E-state index contributed by atoms with van der Waals surface area (Å²) in [5.74, 6) is 0.123. The Morgan fingerprint density at radius 3 is 2.11 bits per heavy atom. The normalized spacial score (nSPS) is 25.2. The van der Waals surface area contributed by atoms with E-state index in [0.717, 1.165) is 30.6 Å². The lowest BCUT2D eigenvalue weighted by atomic mass is 9.73. The van der Waals surface area contributed by atoms with Crippen LogP contribution in [-0.2, 0) is 6.42 Å². The Balaban J connectivity index is 1.30. The molecule has 1 aliphatic heterocycles. The Bertz CT molecular complexity index is 744. The largest absolute Gasteiger partial charge is 0.487 e. The number of benzene rings is 1. The first-order chi connectivity index (χ1) is 17.2. The van der Waals surface area contributed by atoms with Crippen molar-refractivity contribution in [3.63, 3.8) is 0 Å². The van der Waals surface area contributed by atoms with Crippen molar-refractivity contribution in [1.29, 1.82) is 0 Å². The maximum atomic E-state index is 14.2. The van der Waals surface area contributed by atoms with E-state index < -0.39 is 45.4 Å². The number of unbranched alkanes of at least 4 members (excludes halogenated alkanes) is 3. The van der Waals surface area contributed by atoms with E-state index in [1.165, 1.54) is 76.3 Å². The number of alkyl halides is 3. The third-order valence-corrected chi connectivity index (χ3v) is 12.2. The molecule has 206 valence electrons. The molecule has 3 rings (SSSR count). The van der Waals surface area contributed by atoms with Crippen molar-refractivity contribution in [2.24, 2.45) is 17.8 Å². The Hall–Kier alpha value is -1.11. The average molecular weight is 533 g/mol. The molecule has 0 radical (unpaired) electrons. The summed E-state index contributed by atoms with van der Waals surface area (Å²) in [6.07, 6.45) is 10.6. The van der Waals surface area contributed by atoms with Gasteiger partial charge in [0.2, 0.25) is 0 Å². The summed E-state index contributed by atoms with van der Waals surface area (Å²) in [7, 11) is -0.424. The molecule has 2 fully saturated rings. The summed E-state index contributed by atoms with van der Waals surface area (Å²) in [6, 6.07) is 7.12. The van der Waals surface area contributed by atoms with E-state index in [4.69, 9.17) is 4.74 Å². The molecule has 1 saturated heterocycles. The second-order valence-electron chi connectivity index (χ2n) is 11.4. The zero-order chi connectivity index (χ0) is 26.0. The monoisotopic (exact) mass is 532 g/mol. The topological polar surface area (TPSA) is 9.23 Å². The quantitative estimate of drug-likeness (QED) is 0.140. The third kappa shape index (κ3) is 9.98. The average Bonchev–Trinajstić information content (AvgIpc) is 2.84. The Morgan fingerprint density at radius 2 is 1.50 bits per heavy atom. The first kappa shape index (κ1) is 29.4. The molecule has 0 N–H and O–H groups in total. The maximum Gasteiger partial charge on any atom is 0.392 e. The highest BCUT2D eigenvalue weighted by molar-refractivity contribution is 6.58. The predicted octanol–water partition coefficient (Wildman–Crippen LogP) is 9.64. The predicted molar refractivity (Wildman–Crippen MR) is 139 cm³/mol. The molecule has 2 aliphatic rings. The molecule has 0 aromatic heterocycles. The zero-order valence-corrected chi connectivity index (χ0v) is 23.1. The van der Waals surface area contributed by atoms with Gasteiger partial charge in [-0.05, 0) is 61.1 Å². The maximum absolute atomic E-state index is 14.2. The summed E-state index contributed by atoms with van der Waals surface area (Å²) >= 11 is 0. The number of rotatable bonds is 13. The lowest BCUT2D eigenvalue weighted by Gasteiger charge is -2.37. The van der Waals surface area contributed by atoms with Crippen LogP contribution in [0.3, 0.4) is 0 Å². The van der Waals surface area contributed by atoms with Gasteiger partial charge in [-0.2, -0.15) is 13.2 Å². The molecule has 1 heterocycles. The van der Waals surface area contributed by atoms with Gasteiger partial charge in [0.25, 0.3) is 0 Å². The highest BCUT2D eigenvalue weighted by atomic mass is 28.3. The number of hydrogen-bond acceptors (Lipinski definition) is 1. The number of halogens is 5. The number of ether oxygens (including phenoxy) is 1. The smallest absolute Gasteiger partial charge is 0.392 e. The molecule has 0 atom stereocenters. The Labute approximate surface area is 216 Å². The van der Waals surface area contributed by atoms with Crippen LogP contribution in [0.1, 0.15) is 96.0 Å². The minimum Gasteiger partial charge on any atom is -0.487 e. The van der Waals surface area contributed by atoms with E-state index in [-0.39, 0.29) is 0 Å². The van der Waals surface area contributed by atoms with Crippen molar-refractivity contribution in [2.45, 2.75) is 121 Å². The fourth-order valence-corrected chi connectivity index (χ4v) is 10.0. The second-order valence-corrected chi connectivity index (χ2v) is 14.9. The standard InChI is InChI=1S/C29H45F5OSi/c1-2-3-6-17-36-18-13-25(14-19-36)24-11-9-22(10-12-24)7-4-5-8-23-20-26(30)28(27(31)21-23)35-16-15-29(32,33)34/h20-22,24-25,36H,2-19H2,1H3. The van der Waals surface area contributed by atoms with Gasteiger partial charge in [-0.15, -0.1) is 0 Å². The summed E-state index contributed by atoms with van der Waals surface area (Å²) in [5.41, 5.74) is 0.533. The summed E-state index contributed by atoms with van der Waals surface area (Å²) in [4.78, 5) is 0. The highest BCUT2D eigenvalue weighted by Crippen LogP contribution is 2.42. The molecule has 1 saturated carbocycles. The minimum absolute atomic E-state index is 0.424. The van der Waals surface area contributed by atoms with Crippen LogP contribution < -0.4 is 4.74 Å². The van der Waals surface area contributed by atoms with Crippen LogP contribution in [0, 0.1) is 29.4 Å². The number of hydrogen-bond donors (Lipinski definition) is 0. The first-order valence-corrected chi connectivity index (χ1v) is 16.9. The zero-order valence-electron chi connectivity index (χ0n) is 22.0. The van der Waals surface area contributed by atoms with Crippen LogP contribution >= 0.6 is 0 Å². The van der Waals surface area contributed by atoms with Crippen LogP contribution in [0.5, 0.6) is 5.75 Å². The first-order valence-electron chi connectivity index (χ1n) is 14.4. The summed E-state index contributed by atoms with van der Waals surface area (Å²) in [6.45, 7) is 1.50. The lowest BCUT2D eigenvalue weighted by molar-refractivity contribution is -0.139. The highest BCUT2D eigenvalue weighted by Gasteiger charge is 2.31. The molecule has 0 bridgehead atoms. The van der Waals surface area contributed by atoms with E-state index in [2.05, 4.69) is 6.92 Å². The van der Waals surface area contributed by atoms with Gasteiger partial charge >= 0.3 is 6.18 Å². The molecule has 1 aromatic rings. The van der Waals surface area contributed by atoms with E-state index in [0.29, 0.717) is 12.0 Å². The molecule has 1 nitrogen and oxygen atoms in total. The Kier molecular flexibility index (Phi) is 12.0. The summed E-state index contributed by atoms with van der Waals surface area (Å²) < 4.78 is 69.7.